The monoisotopic (exact) mass is 408 g/mol. The van der Waals surface area contributed by atoms with Crippen LogP contribution in [0.4, 0.5) is 4.79 Å². The normalized spacial score (nSPS) is 13.5. The Morgan fingerprint density at radius 3 is 2.30 bits per heavy atom. The molecule has 0 spiro atoms. The van der Waals surface area contributed by atoms with E-state index >= 15 is 0 Å². The largest absolute Gasteiger partial charge is 0.451 e. The summed E-state index contributed by atoms with van der Waals surface area (Å²) in [6.45, 7) is 5.71. The molecule has 3 rings (SSSR count). The van der Waals surface area contributed by atoms with Gasteiger partial charge in [0.2, 0.25) is 5.78 Å². The van der Waals surface area contributed by atoms with Gasteiger partial charge in [0.25, 0.3) is 0 Å². The second-order valence-corrected chi connectivity index (χ2v) is 7.93. The van der Waals surface area contributed by atoms with Gasteiger partial charge in [0.05, 0.1) is 5.56 Å². The molecule has 30 heavy (non-hydrogen) atoms. The second-order valence-electron chi connectivity index (χ2n) is 7.93. The lowest BCUT2D eigenvalue weighted by Gasteiger charge is -2.14. The third-order valence-corrected chi connectivity index (χ3v) is 5.10. The summed E-state index contributed by atoms with van der Waals surface area (Å²) in [5.41, 5.74) is 4.31. The van der Waals surface area contributed by atoms with Crippen molar-refractivity contribution in [2.75, 3.05) is 0 Å². The quantitative estimate of drug-likeness (QED) is 0.539. The summed E-state index contributed by atoms with van der Waals surface area (Å²) in [6.07, 6.45) is 2.30. The van der Waals surface area contributed by atoms with E-state index in [2.05, 4.69) is 10.6 Å². The van der Waals surface area contributed by atoms with Gasteiger partial charge in [-0.15, -0.1) is 0 Å². The highest BCUT2D eigenvalue weighted by molar-refractivity contribution is 6.01. The van der Waals surface area contributed by atoms with Crippen molar-refractivity contribution in [1.29, 1.82) is 0 Å². The zero-order valence-electron chi connectivity index (χ0n) is 17.7. The number of carbonyl (C=O) groups is 3. The first-order valence-corrected chi connectivity index (χ1v) is 10.3. The SMILES string of the molecule is CC(C)NC(=O)NCc1ccc(C(=O)OC(C)C(=O)c2ccc3c(c2)CCC3)cc1. The number of benzene rings is 2. The summed E-state index contributed by atoms with van der Waals surface area (Å²) >= 11 is 0. The number of fused-ring (bicyclic) bond motifs is 1. The molecule has 0 fully saturated rings. The Hall–Kier alpha value is -3.15. The molecule has 2 amide bonds. The molecule has 0 saturated carbocycles. The van der Waals surface area contributed by atoms with Crippen molar-refractivity contribution in [3.8, 4) is 0 Å². The molecule has 2 aromatic carbocycles. The highest BCUT2D eigenvalue weighted by Crippen LogP contribution is 2.23. The average Bonchev–Trinajstić information content (AvgIpc) is 3.19. The predicted molar refractivity (Wildman–Crippen MR) is 115 cm³/mol. The van der Waals surface area contributed by atoms with Gasteiger partial charge in [0.15, 0.2) is 6.10 Å². The van der Waals surface area contributed by atoms with Crippen LogP contribution in [0.1, 0.15) is 64.6 Å². The molecule has 1 atom stereocenters. The van der Waals surface area contributed by atoms with Gasteiger partial charge in [0, 0.05) is 18.2 Å². The standard InChI is InChI=1S/C24H28N2O4/c1-15(2)26-24(29)25-14-17-7-9-19(10-8-17)23(28)30-16(3)22(27)21-12-11-18-5-4-6-20(18)13-21/h7-13,15-16H,4-6,14H2,1-3H3,(H2,25,26,29). The van der Waals surface area contributed by atoms with Crippen molar-refractivity contribution in [3.05, 3.63) is 70.3 Å². The fourth-order valence-corrected chi connectivity index (χ4v) is 3.50. The maximum absolute atomic E-state index is 12.7. The van der Waals surface area contributed by atoms with Gasteiger partial charge < -0.3 is 15.4 Å². The number of aryl methyl sites for hydroxylation is 2. The molecule has 2 aromatic rings. The molecule has 1 unspecified atom stereocenters. The third-order valence-electron chi connectivity index (χ3n) is 5.10. The number of urea groups is 1. The molecule has 0 heterocycles. The van der Waals surface area contributed by atoms with E-state index in [1.54, 1.807) is 31.2 Å². The van der Waals surface area contributed by atoms with Crippen molar-refractivity contribution in [3.63, 3.8) is 0 Å². The molecule has 0 saturated heterocycles. The van der Waals surface area contributed by atoms with Crippen LogP contribution in [0.15, 0.2) is 42.5 Å². The summed E-state index contributed by atoms with van der Waals surface area (Å²) in [4.78, 5) is 36.7. The Morgan fingerprint density at radius 2 is 1.60 bits per heavy atom. The Bertz CT molecular complexity index is 935. The van der Waals surface area contributed by atoms with Gasteiger partial charge in [-0.2, -0.15) is 0 Å². The molecule has 0 bridgehead atoms. The first kappa shape index (κ1) is 21.6. The van der Waals surface area contributed by atoms with E-state index in [4.69, 9.17) is 4.74 Å². The molecular formula is C24H28N2O4. The summed E-state index contributed by atoms with van der Waals surface area (Å²) in [5, 5.41) is 5.50. The molecule has 0 aliphatic heterocycles. The zero-order valence-corrected chi connectivity index (χ0v) is 17.7. The predicted octanol–water partition coefficient (Wildman–Crippen LogP) is 3.81. The molecule has 2 N–H and O–H groups in total. The third kappa shape index (κ3) is 5.47. The first-order chi connectivity index (χ1) is 14.3. The van der Waals surface area contributed by atoms with Gasteiger partial charge in [-0.3, -0.25) is 4.79 Å². The minimum absolute atomic E-state index is 0.0589. The fraction of sp³-hybridized carbons (Fsp3) is 0.375. The fourth-order valence-electron chi connectivity index (χ4n) is 3.50. The smallest absolute Gasteiger partial charge is 0.338 e. The van der Waals surface area contributed by atoms with Gasteiger partial charge in [-0.25, -0.2) is 9.59 Å². The second kappa shape index (κ2) is 9.57. The average molecular weight is 408 g/mol. The summed E-state index contributed by atoms with van der Waals surface area (Å²) in [6, 6.07) is 12.3. The molecule has 6 heteroatoms. The van der Waals surface area contributed by atoms with E-state index in [1.807, 2.05) is 32.0 Å². The summed E-state index contributed by atoms with van der Waals surface area (Å²) in [5.74, 6) is -0.746. The molecule has 0 radical (unpaired) electrons. The van der Waals surface area contributed by atoms with Gasteiger partial charge in [0.1, 0.15) is 0 Å². The Balaban J connectivity index is 1.54. The van der Waals surface area contributed by atoms with Crippen molar-refractivity contribution in [2.24, 2.45) is 0 Å². The Labute approximate surface area is 177 Å². The van der Waals surface area contributed by atoms with Gasteiger partial charge in [-0.1, -0.05) is 24.3 Å². The van der Waals surface area contributed by atoms with Crippen LogP contribution < -0.4 is 10.6 Å². The van der Waals surface area contributed by atoms with Crippen LogP contribution in [0.5, 0.6) is 0 Å². The number of ether oxygens (including phenoxy) is 1. The van der Waals surface area contributed by atoms with Crippen LogP contribution in [0.3, 0.4) is 0 Å². The van der Waals surface area contributed by atoms with Crippen molar-refractivity contribution >= 4 is 17.8 Å². The molecule has 1 aliphatic rings. The number of esters is 1. The van der Waals surface area contributed by atoms with Crippen LogP contribution in [-0.2, 0) is 24.1 Å². The maximum Gasteiger partial charge on any atom is 0.338 e. The Morgan fingerprint density at radius 1 is 0.933 bits per heavy atom. The van der Waals surface area contributed by atoms with Crippen LogP contribution in [0.25, 0.3) is 0 Å². The number of Topliss-reactive ketones (excluding diaryl/α,β-unsaturated/α-hetero) is 1. The topological polar surface area (TPSA) is 84.5 Å². The van der Waals surface area contributed by atoms with E-state index < -0.39 is 12.1 Å². The minimum atomic E-state index is -0.863. The van der Waals surface area contributed by atoms with Crippen LogP contribution in [0.2, 0.25) is 0 Å². The number of hydrogen-bond donors (Lipinski definition) is 2. The minimum Gasteiger partial charge on any atom is -0.451 e. The molecule has 158 valence electrons. The van der Waals surface area contributed by atoms with Crippen LogP contribution >= 0.6 is 0 Å². The van der Waals surface area contributed by atoms with E-state index in [0.29, 0.717) is 17.7 Å². The lowest BCUT2D eigenvalue weighted by Crippen LogP contribution is -2.39. The van der Waals surface area contributed by atoms with Crippen LogP contribution in [-0.4, -0.2) is 29.9 Å². The van der Waals surface area contributed by atoms with Crippen molar-refractivity contribution in [2.45, 2.75) is 58.7 Å². The van der Waals surface area contributed by atoms with E-state index in [1.165, 1.54) is 11.1 Å². The molecule has 0 aromatic heterocycles. The zero-order chi connectivity index (χ0) is 21.7. The van der Waals surface area contributed by atoms with Crippen LogP contribution in [0, 0.1) is 0 Å². The lowest BCUT2D eigenvalue weighted by atomic mass is 10.0. The number of rotatable bonds is 7. The molecular weight excluding hydrogens is 380 g/mol. The number of hydrogen-bond acceptors (Lipinski definition) is 4. The van der Waals surface area contributed by atoms with Crippen molar-refractivity contribution < 1.29 is 19.1 Å². The highest BCUT2D eigenvalue weighted by atomic mass is 16.5. The Kier molecular flexibility index (Phi) is 6.87. The number of nitrogens with one attached hydrogen (secondary N) is 2. The van der Waals surface area contributed by atoms with Crippen molar-refractivity contribution in [1.82, 2.24) is 10.6 Å². The number of amides is 2. The first-order valence-electron chi connectivity index (χ1n) is 10.3. The van der Waals surface area contributed by atoms with E-state index in [-0.39, 0.29) is 17.9 Å². The van der Waals surface area contributed by atoms with Gasteiger partial charge in [-0.05, 0) is 74.9 Å². The van der Waals surface area contributed by atoms with E-state index in [0.717, 1.165) is 24.8 Å². The van der Waals surface area contributed by atoms with Gasteiger partial charge >= 0.3 is 12.0 Å². The number of carbonyl (C=O) groups excluding carboxylic acids is 3. The highest BCUT2D eigenvalue weighted by Gasteiger charge is 2.22. The molecule has 1 aliphatic carbocycles. The lowest BCUT2D eigenvalue weighted by molar-refractivity contribution is 0.0319. The summed E-state index contributed by atoms with van der Waals surface area (Å²) < 4.78 is 5.39. The maximum atomic E-state index is 12.7. The number of ketones is 1. The summed E-state index contributed by atoms with van der Waals surface area (Å²) in [7, 11) is 0. The van der Waals surface area contributed by atoms with E-state index in [9.17, 15) is 14.4 Å². The molecule has 6 nitrogen and oxygen atoms in total.